The van der Waals surface area contributed by atoms with Gasteiger partial charge >= 0.3 is 0 Å². The van der Waals surface area contributed by atoms with E-state index in [0.29, 0.717) is 12.0 Å². The maximum atomic E-state index is 6.52. The minimum atomic E-state index is -0.405. The highest BCUT2D eigenvalue weighted by molar-refractivity contribution is 5.39. The minimum Gasteiger partial charge on any atom is -0.368 e. The third kappa shape index (κ3) is 3.21. The van der Waals surface area contributed by atoms with Gasteiger partial charge in [-0.15, -0.1) is 0 Å². The van der Waals surface area contributed by atoms with Gasteiger partial charge in [0.15, 0.2) is 0 Å². The summed E-state index contributed by atoms with van der Waals surface area (Å²) in [4.78, 5) is 2.70. The van der Waals surface area contributed by atoms with Crippen LogP contribution in [0.15, 0.2) is 91.0 Å². The van der Waals surface area contributed by atoms with Gasteiger partial charge in [-0.25, -0.2) is 0 Å². The summed E-state index contributed by atoms with van der Waals surface area (Å²) < 4.78 is 6.52. The molecule has 2 nitrogen and oxygen atoms in total. The summed E-state index contributed by atoms with van der Waals surface area (Å²) in [7, 11) is 1.90. The Bertz CT molecular complexity index is 885. The molecule has 0 spiro atoms. The maximum absolute atomic E-state index is 6.52. The number of rotatable bonds is 6. The summed E-state index contributed by atoms with van der Waals surface area (Å²) in [5.41, 5.74) is 3.54. The van der Waals surface area contributed by atoms with E-state index in [1.54, 1.807) is 0 Å². The Morgan fingerprint density at radius 1 is 0.793 bits per heavy atom. The van der Waals surface area contributed by atoms with Crippen molar-refractivity contribution in [1.29, 1.82) is 0 Å². The summed E-state index contributed by atoms with van der Waals surface area (Å²) in [6.07, 6.45) is 2.51. The Hall–Kier alpha value is -2.42. The second-order valence-electron chi connectivity index (χ2n) is 8.60. The van der Waals surface area contributed by atoms with Crippen LogP contribution in [0, 0.1) is 11.8 Å². The van der Waals surface area contributed by atoms with E-state index >= 15 is 0 Å². The van der Waals surface area contributed by atoms with Crippen LogP contribution in [0.2, 0.25) is 0 Å². The summed E-state index contributed by atoms with van der Waals surface area (Å²) in [5, 5.41) is 0. The lowest BCUT2D eigenvalue weighted by Gasteiger charge is -2.46. The first kappa shape index (κ1) is 18.6. The quantitative estimate of drug-likeness (QED) is 0.558. The first-order chi connectivity index (χ1) is 14.3. The molecular weight excluding hydrogens is 354 g/mol. The second kappa shape index (κ2) is 7.78. The van der Waals surface area contributed by atoms with Gasteiger partial charge in [0, 0.05) is 32.2 Å². The lowest BCUT2D eigenvalue weighted by atomic mass is 9.72. The highest BCUT2D eigenvalue weighted by Crippen LogP contribution is 2.54. The van der Waals surface area contributed by atoms with Crippen molar-refractivity contribution in [1.82, 2.24) is 4.90 Å². The molecule has 0 N–H and O–H groups in total. The van der Waals surface area contributed by atoms with Gasteiger partial charge in [0.05, 0.1) is 0 Å². The summed E-state index contributed by atoms with van der Waals surface area (Å²) in [5.74, 6) is 1.20. The fraction of sp³-hybridized carbons (Fsp3) is 0.333. The lowest BCUT2D eigenvalue weighted by Crippen LogP contribution is -2.49. The van der Waals surface area contributed by atoms with Crippen molar-refractivity contribution in [2.75, 3.05) is 13.7 Å². The smallest absolute Gasteiger partial charge is 0.122 e. The third-order valence-electron chi connectivity index (χ3n) is 7.07. The molecule has 3 aromatic rings. The molecule has 1 aliphatic carbocycles. The van der Waals surface area contributed by atoms with E-state index < -0.39 is 5.60 Å². The molecule has 3 atom stereocenters. The van der Waals surface area contributed by atoms with Gasteiger partial charge < -0.3 is 4.74 Å². The molecule has 3 aromatic carbocycles. The van der Waals surface area contributed by atoms with Crippen LogP contribution in [-0.4, -0.2) is 24.6 Å². The van der Waals surface area contributed by atoms with Crippen molar-refractivity contribution in [3.8, 4) is 0 Å². The minimum absolute atomic E-state index is 0.405. The molecular formula is C27H29NO. The van der Waals surface area contributed by atoms with Crippen LogP contribution < -0.4 is 0 Å². The molecule has 2 fully saturated rings. The van der Waals surface area contributed by atoms with Gasteiger partial charge in [-0.05, 0) is 35.4 Å². The summed E-state index contributed by atoms with van der Waals surface area (Å²) >= 11 is 0. The van der Waals surface area contributed by atoms with E-state index in [9.17, 15) is 0 Å². The van der Waals surface area contributed by atoms with Crippen molar-refractivity contribution >= 4 is 0 Å². The average Bonchev–Trinajstić information content (AvgIpc) is 3.38. The summed E-state index contributed by atoms with van der Waals surface area (Å²) in [6.45, 7) is 2.24. The molecule has 29 heavy (non-hydrogen) atoms. The first-order valence-corrected chi connectivity index (χ1v) is 10.8. The van der Waals surface area contributed by atoms with Crippen molar-refractivity contribution < 1.29 is 4.74 Å². The second-order valence-corrected chi connectivity index (χ2v) is 8.60. The normalized spacial score (nSPS) is 24.1. The van der Waals surface area contributed by atoms with Gasteiger partial charge in [0.2, 0.25) is 0 Å². The predicted octanol–water partition coefficient (Wildman–Crippen LogP) is 5.49. The van der Waals surface area contributed by atoms with Crippen LogP contribution >= 0.6 is 0 Å². The molecule has 0 aromatic heterocycles. The fourth-order valence-electron chi connectivity index (χ4n) is 5.93. The molecule has 0 radical (unpaired) electrons. The highest BCUT2D eigenvalue weighted by Gasteiger charge is 2.55. The van der Waals surface area contributed by atoms with E-state index in [0.717, 1.165) is 12.5 Å². The molecule has 1 saturated carbocycles. The van der Waals surface area contributed by atoms with Gasteiger partial charge in [-0.2, -0.15) is 0 Å². The zero-order chi connectivity index (χ0) is 19.7. The topological polar surface area (TPSA) is 12.5 Å². The number of ether oxygens (including phenoxy) is 1. The molecule has 0 amide bonds. The summed E-state index contributed by atoms with van der Waals surface area (Å²) in [6, 6.07) is 33.1. The van der Waals surface area contributed by atoms with Crippen molar-refractivity contribution in [2.24, 2.45) is 11.8 Å². The van der Waals surface area contributed by atoms with Crippen molar-refractivity contribution in [3.05, 3.63) is 108 Å². The zero-order valence-electron chi connectivity index (χ0n) is 17.1. The van der Waals surface area contributed by atoms with Gasteiger partial charge in [0.25, 0.3) is 0 Å². The Labute approximate surface area is 174 Å². The fourth-order valence-corrected chi connectivity index (χ4v) is 5.93. The SMILES string of the molecule is COC(c1ccccc1)(c1ccccc1)[C@@H]1C[C@@H]2C[C@H]1N(Cc1ccccc1)C2. The number of likely N-dealkylation sites (tertiary alicyclic amines) is 1. The molecule has 2 aliphatic rings. The number of hydrogen-bond donors (Lipinski definition) is 0. The van der Waals surface area contributed by atoms with Crippen LogP contribution in [0.5, 0.6) is 0 Å². The third-order valence-corrected chi connectivity index (χ3v) is 7.07. The first-order valence-electron chi connectivity index (χ1n) is 10.8. The van der Waals surface area contributed by atoms with Crippen LogP contribution in [0.25, 0.3) is 0 Å². The average molecular weight is 384 g/mol. The lowest BCUT2D eigenvalue weighted by molar-refractivity contribution is -0.0622. The number of hydrogen-bond acceptors (Lipinski definition) is 2. The Morgan fingerprint density at radius 3 is 1.86 bits per heavy atom. The van der Waals surface area contributed by atoms with Crippen molar-refractivity contribution in [3.63, 3.8) is 0 Å². The zero-order valence-corrected chi connectivity index (χ0v) is 17.1. The number of benzene rings is 3. The molecule has 1 saturated heterocycles. The number of nitrogens with zero attached hydrogens (tertiary/aromatic N) is 1. The van der Waals surface area contributed by atoms with Gasteiger partial charge in [-0.3, -0.25) is 4.90 Å². The Morgan fingerprint density at radius 2 is 1.34 bits per heavy atom. The number of fused-ring (bicyclic) bond motifs is 2. The molecule has 1 aliphatic heterocycles. The highest BCUT2D eigenvalue weighted by atomic mass is 16.5. The van der Waals surface area contributed by atoms with Crippen LogP contribution in [0.1, 0.15) is 29.5 Å². The molecule has 1 heterocycles. The Kier molecular flexibility index (Phi) is 4.99. The van der Waals surface area contributed by atoms with Crippen LogP contribution in [0.4, 0.5) is 0 Å². The monoisotopic (exact) mass is 383 g/mol. The van der Waals surface area contributed by atoms with Crippen molar-refractivity contribution in [2.45, 2.75) is 31.0 Å². The molecule has 5 rings (SSSR count). The van der Waals surface area contributed by atoms with Crippen LogP contribution in [-0.2, 0) is 16.9 Å². The molecule has 148 valence electrons. The van der Waals surface area contributed by atoms with E-state index in [4.69, 9.17) is 4.74 Å². The number of methoxy groups -OCH3 is 1. The van der Waals surface area contributed by atoms with E-state index in [-0.39, 0.29) is 0 Å². The van der Waals surface area contributed by atoms with E-state index in [1.807, 2.05) is 7.11 Å². The number of piperidine rings is 1. The molecule has 0 unspecified atom stereocenters. The van der Waals surface area contributed by atoms with Gasteiger partial charge in [-0.1, -0.05) is 91.0 Å². The van der Waals surface area contributed by atoms with E-state index in [1.165, 1.54) is 36.1 Å². The molecule has 2 heteroatoms. The standard InChI is InChI=1S/C27H29NO/c1-29-27(23-13-7-3-8-14-23,24-15-9-4-10-16-24)25-17-22-18-26(25)28(20-22)19-21-11-5-2-6-12-21/h2-16,22,25-26H,17-20H2,1H3/t22-,25-,26-/m1/s1. The molecule has 2 bridgehead atoms. The largest absolute Gasteiger partial charge is 0.368 e. The van der Waals surface area contributed by atoms with Crippen LogP contribution in [0.3, 0.4) is 0 Å². The van der Waals surface area contributed by atoms with E-state index in [2.05, 4.69) is 95.9 Å². The predicted molar refractivity (Wildman–Crippen MR) is 118 cm³/mol. The maximum Gasteiger partial charge on any atom is 0.122 e. The Balaban J connectivity index is 1.55. The van der Waals surface area contributed by atoms with Gasteiger partial charge in [0.1, 0.15) is 5.60 Å².